The van der Waals surface area contributed by atoms with E-state index in [0.717, 1.165) is 49.3 Å². The lowest BCUT2D eigenvalue weighted by Gasteiger charge is -2.31. The Bertz CT molecular complexity index is 466. The van der Waals surface area contributed by atoms with E-state index >= 15 is 0 Å². The van der Waals surface area contributed by atoms with Gasteiger partial charge < -0.3 is 15.0 Å². The van der Waals surface area contributed by atoms with Crippen molar-refractivity contribution in [1.29, 1.82) is 0 Å². The van der Waals surface area contributed by atoms with Gasteiger partial charge in [0.2, 0.25) is 0 Å². The van der Waals surface area contributed by atoms with Gasteiger partial charge in [-0.05, 0) is 50.5 Å². The summed E-state index contributed by atoms with van der Waals surface area (Å²) >= 11 is 0. The zero-order valence-corrected chi connectivity index (χ0v) is 12.6. The van der Waals surface area contributed by atoms with Crippen LogP contribution in [0.2, 0.25) is 0 Å². The highest BCUT2D eigenvalue weighted by molar-refractivity contribution is 5.96. The van der Waals surface area contributed by atoms with Gasteiger partial charge in [-0.3, -0.25) is 4.79 Å². The number of aryl methyl sites for hydroxylation is 1. The number of likely N-dealkylation sites (tertiary alicyclic amines) is 1. The summed E-state index contributed by atoms with van der Waals surface area (Å²) in [6.07, 6.45) is 2.16. The van der Waals surface area contributed by atoms with Crippen LogP contribution in [0.5, 0.6) is 0 Å². The number of methoxy groups -OCH3 is 1. The van der Waals surface area contributed by atoms with Gasteiger partial charge in [0.1, 0.15) is 0 Å². The molecule has 1 fully saturated rings. The van der Waals surface area contributed by atoms with Crippen LogP contribution in [-0.4, -0.2) is 43.7 Å². The Hall–Kier alpha value is -1.55. The van der Waals surface area contributed by atoms with Gasteiger partial charge in [-0.25, -0.2) is 0 Å². The van der Waals surface area contributed by atoms with Gasteiger partial charge in [0.05, 0.1) is 6.10 Å². The number of carbonyl (C=O) groups is 1. The van der Waals surface area contributed by atoms with Gasteiger partial charge >= 0.3 is 0 Å². The zero-order chi connectivity index (χ0) is 14.5. The van der Waals surface area contributed by atoms with Crippen LogP contribution in [-0.2, 0) is 4.74 Å². The molecule has 1 amide bonds. The highest BCUT2D eigenvalue weighted by Crippen LogP contribution is 2.20. The van der Waals surface area contributed by atoms with Crippen molar-refractivity contribution in [1.82, 2.24) is 4.90 Å². The van der Waals surface area contributed by atoms with Crippen molar-refractivity contribution in [2.75, 3.05) is 32.1 Å². The summed E-state index contributed by atoms with van der Waals surface area (Å²) in [4.78, 5) is 14.5. The molecule has 20 heavy (non-hydrogen) atoms. The van der Waals surface area contributed by atoms with Crippen molar-refractivity contribution < 1.29 is 9.53 Å². The summed E-state index contributed by atoms with van der Waals surface area (Å²) in [6.45, 7) is 6.51. The molecule has 0 saturated carbocycles. The SMILES string of the molecule is CCNc1ccc(C(=O)N2CCC(OC)CC2)c(C)c1. The minimum Gasteiger partial charge on any atom is -0.385 e. The van der Waals surface area contributed by atoms with Crippen LogP contribution in [0.3, 0.4) is 0 Å². The molecule has 1 saturated heterocycles. The fourth-order valence-corrected chi connectivity index (χ4v) is 2.68. The van der Waals surface area contributed by atoms with Crippen molar-refractivity contribution in [3.8, 4) is 0 Å². The van der Waals surface area contributed by atoms with Crippen molar-refractivity contribution in [2.24, 2.45) is 0 Å². The zero-order valence-electron chi connectivity index (χ0n) is 12.6. The molecule has 1 heterocycles. The lowest BCUT2D eigenvalue weighted by molar-refractivity contribution is 0.0350. The fourth-order valence-electron chi connectivity index (χ4n) is 2.68. The molecule has 1 aromatic carbocycles. The highest BCUT2D eigenvalue weighted by atomic mass is 16.5. The first-order valence-electron chi connectivity index (χ1n) is 7.32. The number of benzene rings is 1. The molecule has 2 rings (SSSR count). The number of hydrogen-bond acceptors (Lipinski definition) is 3. The Morgan fingerprint density at radius 2 is 2.10 bits per heavy atom. The minimum absolute atomic E-state index is 0.139. The molecule has 4 nitrogen and oxygen atoms in total. The predicted octanol–water partition coefficient (Wildman–Crippen LogP) is 2.68. The molecule has 0 atom stereocenters. The van der Waals surface area contributed by atoms with Crippen molar-refractivity contribution >= 4 is 11.6 Å². The van der Waals surface area contributed by atoms with E-state index in [-0.39, 0.29) is 5.91 Å². The van der Waals surface area contributed by atoms with Gasteiger partial charge in [-0.1, -0.05) is 0 Å². The summed E-state index contributed by atoms with van der Waals surface area (Å²) in [5, 5.41) is 3.27. The van der Waals surface area contributed by atoms with E-state index in [1.807, 2.05) is 30.0 Å². The Morgan fingerprint density at radius 1 is 1.40 bits per heavy atom. The monoisotopic (exact) mass is 276 g/mol. The fraction of sp³-hybridized carbons (Fsp3) is 0.562. The van der Waals surface area contributed by atoms with Crippen LogP contribution >= 0.6 is 0 Å². The van der Waals surface area contributed by atoms with Crippen LogP contribution in [0.15, 0.2) is 18.2 Å². The van der Waals surface area contributed by atoms with Gasteiger partial charge in [0.25, 0.3) is 5.91 Å². The number of piperidine rings is 1. The van der Waals surface area contributed by atoms with Gasteiger partial charge in [0, 0.05) is 38.0 Å². The number of hydrogen-bond donors (Lipinski definition) is 1. The molecular formula is C16H24N2O2. The van der Waals surface area contributed by atoms with Crippen LogP contribution in [0.4, 0.5) is 5.69 Å². The third kappa shape index (κ3) is 3.31. The lowest BCUT2D eigenvalue weighted by atomic mass is 10.0. The first-order valence-corrected chi connectivity index (χ1v) is 7.32. The second kappa shape index (κ2) is 6.75. The van der Waals surface area contributed by atoms with Crippen molar-refractivity contribution in [2.45, 2.75) is 32.8 Å². The normalized spacial score (nSPS) is 16.2. The second-order valence-electron chi connectivity index (χ2n) is 5.29. The number of anilines is 1. The van der Waals surface area contributed by atoms with Gasteiger partial charge in [-0.2, -0.15) is 0 Å². The Morgan fingerprint density at radius 3 is 2.65 bits per heavy atom. The maximum atomic E-state index is 12.5. The van der Waals surface area contributed by atoms with E-state index in [1.54, 1.807) is 7.11 Å². The van der Waals surface area contributed by atoms with Gasteiger partial charge in [-0.15, -0.1) is 0 Å². The van der Waals surface area contributed by atoms with E-state index in [0.29, 0.717) is 6.10 Å². The van der Waals surface area contributed by atoms with E-state index in [2.05, 4.69) is 12.2 Å². The number of rotatable bonds is 4. The molecule has 1 aliphatic heterocycles. The van der Waals surface area contributed by atoms with Crippen LogP contribution in [0, 0.1) is 6.92 Å². The maximum absolute atomic E-state index is 12.5. The smallest absolute Gasteiger partial charge is 0.254 e. The molecule has 0 bridgehead atoms. The quantitative estimate of drug-likeness (QED) is 0.919. The average Bonchev–Trinajstić information content (AvgIpc) is 2.47. The molecular weight excluding hydrogens is 252 g/mol. The number of amides is 1. The van der Waals surface area contributed by atoms with Crippen molar-refractivity contribution in [3.05, 3.63) is 29.3 Å². The summed E-state index contributed by atoms with van der Waals surface area (Å²) in [7, 11) is 1.74. The van der Waals surface area contributed by atoms with E-state index in [4.69, 9.17) is 4.74 Å². The number of nitrogens with zero attached hydrogens (tertiary/aromatic N) is 1. The second-order valence-corrected chi connectivity index (χ2v) is 5.29. The average molecular weight is 276 g/mol. The molecule has 0 radical (unpaired) electrons. The molecule has 1 aromatic rings. The molecule has 1 aliphatic rings. The molecule has 0 unspecified atom stereocenters. The highest BCUT2D eigenvalue weighted by Gasteiger charge is 2.24. The molecule has 4 heteroatoms. The van der Waals surface area contributed by atoms with Crippen LogP contribution < -0.4 is 5.32 Å². The summed E-state index contributed by atoms with van der Waals surface area (Å²) in [5.74, 6) is 0.139. The van der Waals surface area contributed by atoms with E-state index in [1.165, 1.54) is 0 Å². The van der Waals surface area contributed by atoms with Crippen LogP contribution in [0.1, 0.15) is 35.7 Å². The third-order valence-electron chi connectivity index (χ3n) is 3.90. The number of carbonyl (C=O) groups excluding carboxylic acids is 1. The lowest BCUT2D eigenvalue weighted by Crippen LogP contribution is -2.40. The third-order valence-corrected chi connectivity index (χ3v) is 3.90. The summed E-state index contributed by atoms with van der Waals surface area (Å²) in [5.41, 5.74) is 2.91. The first kappa shape index (κ1) is 14.9. The van der Waals surface area contributed by atoms with Crippen LogP contribution in [0.25, 0.3) is 0 Å². The summed E-state index contributed by atoms with van der Waals surface area (Å²) < 4.78 is 5.35. The Kier molecular flexibility index (Phi) is 5.01. The van der Waals surface area contributed by atoms with E-state index < -0.39 is 0 Å². The molecule has 0 spiro atoms. The standard InChI is InChI=1S/C16H24N2O2/c1-4-17-13-5-6-15(12(2)11-13)16(19)18-9-7-14(20-3)8-10-18/h5-6,11,14,17H,4,7-10H2,1-3H3. The van der Waals surface area contributed by atoms with E-state index in [9.17, 15) is 4.79 Å². The van der Waals surface area contributed by atoms with Crippen molar-refractivity contribution in [3.63, 3.8) is 0 Å². The molecule has 0 aliphatic carbocycles. The topological polar surface area (TPSA) is 41.6 Å². The molecule has 0 aromatic heterocycles. The molecule has 110 valence electrons. The van der Waals surface area contributed by atoms with Gasteiger partial charge in [0.15, 0.2) is 0 Å². The molecule has 1 N–H and O–H groups in total. The minimum atomic E-state index is 0.139. The predicted molar refractivity (Wildman–Crippen MR) is 81.3 cm³/mol. The largest absolute Gasteiger partial charge is 0.385 e. The number of ether oxygens (including phenoxy) is 1. The number of nitrogens with one attached hydrogen (secondary N) is 1. The Balaban J connectivity index is 2.06. The maximum Gasteiger partial charge on any atom is 0.254 e. The Labute approximate surface area is 121 Å². The first-order chi connectivity index (χ1) is 9.65. The summed E-state index contributed by atoms with van der Waals surface area (Å²) in [6, 6.07) is 5.95.